The second-order valence-electron chi connectivity index (χ2n) is 3.72. The van der Waals surface area contributed by atoms with E-state index in [-0.39, 0.29) is 11.4 Å². The minimum Gasteiger partial charge on any atom is -0.207 e. The van der Waals surface area contributed by atoms with Crippen molar-refractivity contribution >= 4 is 26.0 Å². The summed E-state index contributed by atoms with van der Waals surface area (Å²) in [6, 6.07) is 5.12. The Kier molecular flexibility index (Phi) is 4.29. The fraction of sp³-hybridized carbons (Fsp3) is 0.273. The second-order valence-corrected chi connectivity index (χ2v) is 6.31. The first-order valence-electron chi connectivity index (χ1n) is 4.73. The summed E-state index contributed by atoms with van der Waals surface area (Å²) in [5, 5.41) is 0. The van der Waals surface area contributed by atoms with E-state index in [1.165, 1.54) is 0 Å². The largest absolute Gasteiger partial charge is 0.241 e. The summed E-state index contributed by atoms with van der Waals surface area (Å²) in [7, 11) is -3.46. The molecular formula is C11H14BrNO2S. The summed E-state index contributed by atoms with van der Waals surface area (Å²) in [6.45, 7) is 7.58. The van der Waals surface area contributed by atoms with E-state index in [2.05, 4.69) is 27.2 Å². The highest BCUT2D eigenvalue weighted by atomic mass is 79.9. The van der Waals surface area contributed by atoms with Crippen LogP contribution in [0.1, 0.15) is 12.5 Å². The molecule has 0 aromatic heterocycles. The summed E-state index contributed by atoms with van der Waals surface area (Å²) in [5.41, 5.74) is 1.78. The maximum absolute atomic E-state index is 11.9. The van der Waals surface area contributed by atoms with E-state index >= 15 is 0 Å². The van der Waals surface area contributed by atoms with Crippen molar-refractivity contribution in [2.75, 3.05) is 6.54 Å². The van der Waals surface area contributed by atoms with Crippen LogP contribution in [0.5, 0.6) is 0 Å². The molecule has 0 saturated heterocycles. The van der Waals surface area contributed by atoms with E-state index < -0.39 is 10.0 Å². The summed E-state index contributed by atoms with van der Waals surface area (Å²) >= 11 is 3.25. The van der Waals surface area contributed by atoms with Crippen molar-refractivity contribution in [2.45, 2.75) is 18.7 Å². The van der Waals surface area contributed by atoms with Crippen molar-refractivity contribution in [1.29, 1.82) is 0 Å². The molecule has 0 saturated carbocycles. The van der Waals surface area contributed by atoms with Gasteiger partial charge in [-0.05, 0) is 47.5 Å². The monoisotopic (exact) mass is 303 g/mol. The third kappa shape index (κ3) is 3.43. The molecule has 0 aliphatic carbocycles. The highest BCUT2D eigenvalue weighted by molar-refractivity contribution is 9.10. The molecule has 0 aliphatic rings. The van der Waals surface area contributed by atoms with Crippen molar-refractivity contribution in [3.05, 3.63) is 40.4 Å². The minimum atomic E-state index is -3.46. The molecule has 0 spiro atoms. The van der Waals surface area contributed by atoms with Crippen LogP contribution in [0.25, 0.3) is 0 Å². The number of rotatable bonds is 4. The number of hydrogen-bond acceptors (Lipinski definition) is 2. The fourth-order valence-corrected chi connectivity index (χ4v) is 3.41. The van der Waals surface area contributed by atoms with E-state index in [0.29, 0.717) is 4.47 Å². The average molecular weight is 304 g/mol. The van der Waals surface area contributed by atoms with Crippen LogP contribution < -0.4 is 4.72 Å². The lowest BCUT2D eigenvalue weighted by molar-refractivity contribution is 0.584. The van der Waals surface area contributed by atoms with Gasteiger partial charge in [0.25, 0.3) is 0 Å². The van der Waals surface area contributed by atoms with Crippen molar-refractivity contribution < 1.29 is 8.42 Å². The fourth-order valence-electron chi connectivity index (χ4n) is 1.12. The number of benzene rings is 1. The molecule has 5 heteroatoms. The van der Waals surface area contributed by atoms with Gasteiger partial charge in [-0.1, -0.05) is 18.2 Å². The summed E-state index contributed by atoms with van der Waals surface area (Å²) in [6.07, 6.45) is 0. The lowest BCUT2D eigenvalue weighted by Crippen LogP contribution is -2.25. The van der Waals surface area contributed by atoms with Crippen LogP contribution in [0.2, 0.25) is 0 Å². The molecule has 0 radical (unpaired) electrons. The molecule has 0 fully saturated rings. The zero-order chi connectivity index (χ0) is 12.3. The van der Waals surface area contributed by atoms with Gasteiger partial charge in [-0.2, -0.15) is 0 Å². The lowest BCUT2D eigenvalue weighted by Gasteiger charge is -2.08. The molecule has 1 N–H and O–H groups in total. The van der Waals surface area contributed by atoms with Crippen LogP contribution in [0, 0.1) is 6.92 Å². The second kappa shape index (κ2) is 5.12. The Bertz CT molecular complexity index is 509. The lowest BCUT2D eigenvalue weighted by atomic mass is 10.2. The topological polar surface area (TPSA) is 46.2 Å². The Morgan fingerprint density at radius 1 is 1.50 bits per heavy atom. The Labute approximate surface area is 105 Å². The first kappa shape index (κ1) is 13.4. The molecule has 1 aromatic rings. The van der Waals surface area contributed by atoms with Gasteiger partial charge in [0.2, 0.25) is 10.0 Å². The number of aryl methyl sites for hydroxylation is 1. The average Bonchev–Trinajstić information content (AvgIpc) is 2.14. The van der Waals surface area contributed by atoms with Gasteiger partial charge >= 0.3 is 0 Å². The van der Waals surface area contributed by atoms with Gasteiger partial charge in [-0.25, -0.2) is 13.1 Å². The SMILES string of the molecule is C=C(C)CNS(=O)(=O)c1ccc(C)cc1Br. The molecular weight excluding hydrogens is 290 g/mol. The molecule has 88 valence electrons. The molecule has 3 nitrogen and oxygen atoms in total. The molecule has 0 unspecified atom stereocenters. The quantitative estimate of drug-likeness (QED) is 0.869. The van der Waals surface area contributed by atoms with Crippen molar-refractivity contribution in [2.24, 2.45) is 0 Å². The van der Waals surface area contributed by atoms with Gasteiger partial charge in [0, 0.05) is 11.0 Å². The number of nitrogens with one attached hydrogen (secondary N) is 1. The molecule has 0 heterocycles. The third-order valence-electron chi connectivity index (χ3n) is 1.94. The van der Waals surface area contributed by atoms with E-state index in [0.717, 1.165) is 11.1 Å². The molecule has 0 aliphatic heterocycles. The summed E-state index contributed by atoms with van der Waals surface area (Å²) < 4.78 is 26.8. The maximum atomic E-state index is 11.9. The highest BCUT2D eigenvalue weighted by Crippen LogP contribution is 2.22. The van der Waals surface area contributed by atoms with Crippen LogP contribution in [0.15, 0.2) is 39.7 Å². The van der Waals surface area contributed by atoms with Crippen LogP contribution in [0.3, 0.4) is 0 Å². The zero-order valence-electron chi connectivity index (χ0n) is 9.25. The minimum absolute atomic E-state index is 0.249. The summed E-state index contributed by atoms with van der Waals surface area (Å²) in [4.78, 5) is 0.249. The van der Waals surface area contributed by atoms with Crippen LogP contribution >= 0.6 is 15.9 Å². The molecule has 0 bridgehead atoms. The van der Waals surface area contributed by atoms with Gasteiger partial charge in [0.1, 0.15) is 0 Å². The van der Waals surface area contributed by atoms with Gasteiger partial charge < -0.3 is 0 Å². The molecule has 1 rings (SSSR count). The van der Waals surface area contributed by atoms with E-state index in [4.69, 9.17) is 0 Å². The van der Waals surface area contributed by atoms with Gasteiger partial charge in [-0.3, -0.25) is 0 Å². The summed E-state index contributed by atoms with van der Waals surface area (Å²) in [5.74, 6) is 0. The first-order chi connectivity index (χ1) is 7.33. The maximum Gasteiger partial charge on any atom is 0.241 e. The molecule has 1 aromatic carbocycles. The van der Waals surface area contributed by atoms with Crippen LogP contribution in [0.4, 0.5) is 0 Å². The smallest absolute Gasteiger partial charge is 0.207 e. The van der Waals surface area contributed by atoms with Crippen LogP contribution in [-0.2, 0) is 10.0 Å². The highest BCUT2D eigenvalue weighted by Gasteiger charge is 2.16. The predicted molar refractivity (Wildman–Crippen MR) is 68.9 cm³/mol. The first-order valence-corrected chi connectivity index (χ1v) is 7.01. The molecule has 0 amide bonds. The normalized spacial score (nSPS) is 11.4. The molecule has 0 atom stereocenters. The van der Waals surface area contributed by atoms with Crippen LogP contribution in [-0.4, -0.2) is 15.0 Å². The van der Waals surface area contributed by atoms with E-state index in [9.17, 15) is 8.42 Å². The van der Waals surface area contributed by atoms with Gasteiger partial charge in [0.05, 0.1) is 4.90 Å². The number of hydrogen-bond donors (Lipinski definition) is 1. The Balaban J connectivity index is 3.03. The van der Waals surface area contributed by atoms with Crippen molar-refractivity contribution in [3.8, 4) is 0 Å². The zero-order valence-corrected chi connectivity index (χ0v) is 11.7. The van der Waals surface area contributed by atoms with Gasteiger partial charge in [0.15, 0.2) is 0 Å². The van der Waals surface area contributed by atoms with E-state index in [1.54, 1.807) is 25.1 Å². The van der Waals surface area contributed by atoms with E-state index in [1.807, 2.05) is 6.92 Å². The van der Waals surface area contributed by atoms with Gasteiger partial charge in [-0.15, -0.1) is 0 Å². The number of halogens is 1. The molecule has 16 heavy (non-hydrogen) atoms. The Hall–Kier alpha value is -0.650. The number of sulfonamides is 1. The standard InChI is InChI=1S/C11H14BrNO2S/c1-8(2)7-13-16(14,15)11-5-4-9(3)6-10(11)12/h4-6,13H,1,7H2,2-3H3. The van der Waals surface area contributed by atoms with Crippen molar-refractivity contribution in [3.63, 3.8) is 0 Å². The van der Waals surface area contributed by atoms with Crippen molar-refractivity contribution in [1.82, 2.24) is 4.72 Å². The Morgan fingerprint density at radius 2 is 2.12 bits per heavy atom. The predicted octanol–water partition coefficient (Wildman–Crippen LogP) is 2.61. The third-order valence-corrected chi connectivity index (χ3v) is 4.32. The Morgan fingerprint density at radius 3 is 2.62 bits per heavy atom.